The van der Waals surface area contributed by atoms with Crippen LogP contribution in [0.4, 0.5) is 5.69 Å². The lowest BCUT2D eigenvalue weighted by molar-refractivity contribution is 0.0781. The van der Waals surface area contributed by atoms with Crippen molar-refractivity contribution in [1.29, 1.82) is 0 Å². The smallest absolute Gasteiger partial charge is 0.254 e. The monoisotopic (exact) mass is 231 g/mol. The third-order valence-corrected chi connectivity index (χ3v) is 2.36. The molecule has 0 aliphatic carbocycles. The van der Waals surface area contributed by atoms with Gasteiger partial charge in [0.1, 0.15) is 12.2 Å². The molecular weight excluding hydrogens is 218 g/mol. The molecule has 2 aromatic rings. The van der Waals surface area contributed by atoms with Gasteiger partial charge in [-0.3, -0.25) is 9.89 Å². The van der Waals surface area contributed by atoms with Crippen LogP contribution in [0.3, 0.4) is 0 Å². The Bertz CT molecular complexity index is 491. The SMILES string of the molecule is CN(Cc1ncn[nH]1)C(=O)c1ccc(N)cc1. The van der Waals surface area contributed by atoms with Crippen LogP contribution in [0.5, 0.6) is 0 Å². The summed E-state index contributed by atoms with van der Waals surface area (Å²) in [6, 6.07) is 6.81. The summed E-state index contributed by atoms with van der Waals surface area (Å²) in [7, 11) is 1.71. The van der Waals surface area contributed by atoms with Crippen LogP contribution in [0, 0.1) is 0 Å². The molecule has 0 atom stereocenters. The molecule has 1 amide bonds. The Labute approximate surface area is 98.5 Å². The number of aromatic nitrogens is 3. The Hall–Kier alpha value is -2.37. The van der Waals surface area contributed by atoms with E-state index in [1.807, 2.05) is 0 Å². The molecule has 1 heterocycles. The second-order valence-electron chi connectivity index (χ2n) is 3.72. The van der Waals surface area contributed by atoms with E-state index in [1.54, 1.807) is 36.2 Å². The van der Waals surface area contributed by atoms with Crippen molar-refractivity contribution < 1.29 is 4.79 Å². The molecular formula is C11H13N5O. The number of anilines is 1. The first-order chi connectivity index (χ1) is 8.16. The molecule has 0 saturated carbocycles. The average Bonchev–Trinajstić information content (AvgIpc) is 2.82. The third kappa shape index (κ3) is 2.60. The van der Waals surface area contributed by atoms with Crippen LogP contribution in [0.15, 0.2) is 30.6 Å². The molecule has 0 unspecified atom stereocenters. The maximum absolute atomic E-state index is 12.0. The minimum absolute atomic E-state index is 0.0820. The molecule has 88 valence electrons. The molecule has 1 aromatic heterocycles. The summed E-state index contributed by atoms with van der Waals surface area (Å²) in [6.07, 6.45) is 1.41. The van der Waals surface area contributed by atoms with Crippen LogP contribution in [-0.4, -0.2) is 33.0 Å². The van der Waals surface area contributed by atoms with Crippen LogP contribution >= 0.6 is 0 Å². The highest BCUT2D eigenvalue weighted by Crippen LogP contribution is 2.08. The second-order valence-corrected chi connectivity index (χ2v) is 3.72. The van der Waals surface area contributed by atoms with Crippen LogP contribution in [-0.2, 0) is 6.54 Å². The zero-order chi connectivity index (χ0) is 12.3. The van der Waals surface area contributed by atoms with Crippen molar-refractivity contribution in [2.75, 3.05) is 12.8 Å². The molecule has 0 saturated heterocycles. The topological polar surface area (TPSA) is 87.9 Å². The molecule has 6 nitrogen and oxygen atoms in total. The lowest BCUT2D eigenvalue weighted by Gasteiger charge is -2.15. The van der Waals surface area contributed by atoms with E-state index in [0.717, 1.165) is 0 Å². The van der Waals surface area contributed by atoms with Crippen molar-refractivity contribution in [2.24, 2.45) is 0 Å². The normalized spacial score (nSPS) is 10.2. The third-order valence-electron chi connectivity index (χ3n) is 2.36. The summed E-state index contributed by atoms with van der Waals surface area (Å²) in [4.78, 5) is 17.5. The van der Waals surface area contributed by atoms with Crippen molar-refractivity contribution in [1.82, 2.24) is 20.1 Å². The van der Waals surface area contributed by atoms with E-state index in [1.165, 1.54) is 6.33 Å². The van der Waals surface area contributed by atoms with E-state index in [-0.39, 0.29) is 5.91 Å². The number of nitrogens with one attached hydrogen (secondary N) is 1. The summed E-state index contributed by atoms with van der Waals surface area (Å²) in [5, 5.41) is 6.44. The predicted octanol–water partition coefficient (Wildman–Crippen LogP) is 0.659. The van der Waals surface area contributed by atoms with Gasteiger partial charge in [0.2, 0.25) is 0 Å². The van der Waals surface area contributed by atoms with Gasteiger partial charge in [0.15, 0.2) is 0 Å². The standard InChI is InChI=1S/C11H13N5O/c1-16(6-10-13-7-14-15-10)11(17)8-2-4-9(12)5-3-8/h2-5,7H,6,12H2,1H3,(H,13,14,15). The highest BCUT2D eigenvalue weighted by atomic mass is 16.2. The molecule has 1 aromatic carbocycles. The van der Waals surface area contributed by atoms with Crippen molar-refractivity contribution in [3.05, 3.63) is 42.0 Å². The van der Waals surface area contributed by atoms with Gasteiger partial charge in [0.25, 0.3) is 5.91 Å². The Morgan fingerprint density at radius 2 is 2.12 bits per heavy atom. The number of nitrogens with zero attached hydrogens (tertiary/aromatic N) is 3. The number of nitrogen functional groups attached to an aromatic ring is 1. The molecule has 0 aliphatic rings. The highest BCUT2D eigenvalue weighted by Gasteiger charge is 2.12. The molecule has 3 N–H and O–H groups in total. The average molecular weight is 231 g/mol. The van der Waals surface area contributed by atoms with Crippen molar-refractivity contribution in [2.45, 2.75) is 6.54 Å². The lowest BCUT2D eigenvalue weighted by atomic mass is 10.2. The quantitative estimate of drug-likeness (QED) is 0.759. The summed E-state index contributed by atoms with van der Waals surface area (Å²) in [6.45, 7) is 0.392. The first kappa shape index (κ1) is 11.1. The van der Waals surface area contributed by atoms with E-state index in [4.69, 9.17) is 5.73 Å². The number of H-pyrrole nitrogens is 1. The summed E-state index contributed by atoms with van der Waals surface area (Å²) < 4.78 is 0. The summed E-state index contributed by atoms with van der Waals surface area (Å²) >= 11 is 0. The zero-order valence-corrected chi connectivity index (χ0v) is 9.42. The fraction of sp³-hybridized carbons (Fsp3) is 0.182. The van der Waals surface area contributed by atoms with Gasteiger partial charge >= 0.3 is 0 Å². The maximum Gasteiger partial charge on any atom is 0.254 e. The van der Waals surface area contributed by atoms with Gasteiger partial charge in [-0.05, 0) is 24.3 Å². The second kappa shape index (κ2) is 4.65. The number of nitrogens with two attached hydrogens (primary N) is 1. The molecule has 2 rings (SSSR count). The first-order valence-corrected chi connectivity index (χ1v) is 5.12. The van der Waals surface area contributed by atoms with Gasteiger partial charge in [0.05, 0.1) is 6.54 Å². The van der Waals surface area contributed by atoms with Gasteiger partial charge < -0.3 is 10.6 Å². The molecule has 0 aliphatic heterocycles. The minimum atomic E-state index is -0.0820. The summed E-state index contributed by atoms with van der Waals surface area (Å²) in [5.74, 6) is 0.567. The Kier molecular flexibility index (Phi) is 3.04. The van der Waals surface area contributed by atoms with E-state index in [0.29, 0.717) is 23.6 Å². The van der Waals surface area contributed by atoms with Gasteiger partial charge in [-0.15, -0.1) is 0 Å². The molecule has 0 spiro atoms. The van der Waals surface area contributed by atoms with Crippen molar-refractivity contribution >= 4 is 11.6 Å². The maximum atomic E-state index is 12.0. The number of amides is 1. The molecule has 17 heavy (non-hydrogen) atoms. The lowest BCUT2D eigenvalue weighted by Crippen LogP contribution is -2.26. The minimum Gasteiger partial charge on any atom is -0.399 e. The van der Waals surface area contributed by atoms with Crippen molar-refractivity contribution in [3.8, 4) is 0 Å². The number of aromatic amines is 1. The van der Waals surface area contributed by atoms with Crippen LogP contribution < -0.4 is 5.73 Å². The van der Waals surface area contributed by atoms with Crippen LogP contribution in [0.2, 0.25) is 0 Å². The van der Waals surface area contributed by atoms with Crippen molar-refractivity contribution in [3.63, 3.8) is 0 Å². The Balaban J connectivity index is 2.07. The number of carbonyl (C=O) groups excluding carboxylic acids is 1. The number of hydrogen-bond acceptors (Lipinski definition) is 4. The summed E-state index contributed by atoms with van der Waals surface area (Å²) in [5.41, 5.74) is 6.80. The molecule has 6 heteroatoms. The number of carbonyl (C=O) groups is 1. The molecule has 0 radical (unpaired) electrons. The Morgan fingerprint density at radius 1 is 1.41 bits per heavy atom. The van der Waals surface area contributed by atoms with E-state index < -0.39 is 0 Å². The van der Waals surface area contributed by atoms with Crippen LogP contribution in [0.1, 0.15) is 16.2 Å². The van der Waals surface area contributed by atoms with E-state index >= 15 is 0 Å². The van der Waals surface area contributed by atoms with Gasteiger partial charge in [-0.1, -0.05) is 0 Å². The van der Waals surface area contributed by atoms with E-state index in [9.17, 15) is 4.79 Å². The van der Waals surface area contributed by atoms with E-state index in [2.05, 4.69) is 15.2 Å². The van der Waals surface area contributed by atoms with Crippen LogP contribution in [0.25, 0.3) is 0 Å². The van der Waals surface area contributed by atoms with Gasteiger partial charge in [0, 0.05) is 18.3 Å². The largest absolute Gasteiger partial charge is 0.399 e. The first-order valence-electron chi connectivity index (χ1n) is 5.12. The van der Waals surface area contributed by atoms with Gasteiger partial charge in [-0.25, -0.2) is 4.98 Å². The zero-order valence-electron chi connectivity index (χ0n) is 9.42. The van der Waals surface area contributed by atoms with Gasteiger partial charge in [-0.2, -0.15) is 5.10 Å². The fourth-order valence-corrected chi connectivity index (χ4v) is 1.45. The molecule has 0 bridgehead atoms. The predicted molar refractivity (Wildman–Crippen MR) is 63.0 cm³/mol. The Morgan fingerprint density at radius 3 is 2.71 bits per heavy atom. The fourth-order valence-electron chi connectivity index (χ4n) is 1.45. The molecule has 0 fully saturated rings. The highest BCUT2D eigenvalue weighted by molar-refractivity contribution is 5.94. The number of hydrogen-bond donors (Lipinski definition) is 2. The number of rotatable bonds is 3. The number of benzene rings is 1.